The van der Waals surface area contributed by atoms with Gasteiger partial charge in [-0.05, 0) is 24.7 Å². The Morgan fingerprint density at radius 2 is 2.00 bits per heavy atom. The first-order valence-corrected chi connectivity index (χ1v) is 9.40. The van der Waals surface area contributed by atoms with Crippen LogP contribution in [0, 0.1) is 5.41 Å². The molecule has 2 fully saturated rings. The average molecular weight is 349 g/mol. The number of amides is 2. The first-order valence-electron chi connectivity index (χ1n) is 9.40. The maximum atomic E-state index is 12.5. The van der Waals surface area contributed by atoms with Gasteiger partial charge in [-0.3, -0.25) is 9.58 Å². The molecule has 3 heterocycles. The Labute approximate surface area is 150 Å². The highest BCUT2D eigenvalue weighted by Gasteiger charge is 2.25. The summed E-state index contributed by atoms with van der Waals surface area (Å²) in [4.78, 5) is 16.8. The predicted molar refractivity (Wildman–Crippen MR) is 97.7 cm³/mol. The van der Waals surface area contributed by atoms with E-state index in [1.54, 1.807) is 6.20 Å². The number of nitrogens with zero attached hydrogens (tertiary/aromatic N) is 4. The van der Waals surface area contributed by atoms with E-state index in [1.165, 1.54) is 6.42 Å². The fourth-order valence-electron chi connectivity index (χ4n) is 3.45. The zero-order valence-electron chi connectivity index (χ0n) is 15.5. The maximum absolute atomic E-state index is 12.5. The van der Waals surface area contributed by atoms with Crippen LogP contribution in [0.3, 0.4) is 0 Å². The van der Waals surface area contributed by atoms with E-state index < -0.39 is 0 Å². The van der Waals surface area contributed by atoms with Crippen LogP contribution in [0.5, 0.6) is 0 Å². The zero-order valence-corrected chi connectivity index (χ0v) is 15.5. The molecule has 0 unspecified atom stereocenters. The molecule has 0 saturated carbocycles. The molecule has 0 bridgehead atoms. The molecule has 3 rings (SSSR count). The maximum Gasteiger partial charge on any atom is 0.321 e. The predicted octanol–water partition coefficient (Wildman–Crippen LogP) is 2.26. The third kappa shape index (κ3) is 5.44. The number of carbonyl (C=O) groups is 1. The number of likely N-dealkylation sites (tertiary alicyclic amines) is 1. The Balaban J connectivity index is 1.46. The van der Waals surface area contributed by atoms with Gasteiger partial charge in [0.1, 0.15) is 0 Å². The number of hydrogen-bond acceptors (Lipinski definition) is 4. The minimum Gasteiger partial charge on any atom is -0.379 e. The summed E-state index contributed by atoms with van der Waals surface area (Å²) in [6.45, 7) is 11.6. The van der Waals surface area contributed by atoms with Gasteiger partial charge < -0.3 is 15.0 Å². The van der Waals surface area contributed by atoms with Gasteiger partial charge in [-0.2, -0.15) is 5.10 Å². The molecule has 2 aliphatic rings. The van der Waals surface area contributed by atoms with Gasteiger partial charge in [0, 0.05) is 38.9 Å². The molecule has 1 N–H and O–H groups in total. The summed E-state index contributed by atoms with van der Waals surface area (Å²) >= 11 is 0. The van der Waals surface area contributed by atoms with Gasteiger partial charge in [0.25, 0.3) is 0 Å². The lowest BCUT2D eigenvalue weighted by Crippen LogP contribution is -2.38. The van der Waals surface area contributed by atoms with E-state index in [0.717, 1.165) is 71.0 Å². The molecule has 2 aliphatic heterocycles. The lowest BCUT2D eigenvalue weighted by molar-refractivity contribution is 0.0360. The highest BCUT2D eigenvalue weighted by atomic mass is 16.5. The molecule has 2 saturated heterocycles. The Hall–Kier alpha value is -1.60. The Bertz CT molecular complexity index is 566. The molecule has 140 valence electrons. The molecule has 0 atom stereocenters. The van der Waals surface area contributed by atoms with E-state index in [9.17, 15) is 4.79 Å². The molecule has 7 heteroatoms. The van der Waals surface area contributed by atoms with Crippen molar-refractivity contribution in [1.82, 2.24) is 19.6 Å². The van der Waals surface area contributed by atoms with Crippen LogP contribution in [-0.4, -0.2) is 71.5 Å². The molecule has 0 spiro atoms. The monoisotopic (exact) mass is 349 g/mol. The number of rotatable bonds is 4. The first-order chi connectivity index (χ1) is 12.0. The largest absolute Gasteiger partial charge is 0.379 e. The summed E-state index contributed by atoms with van der Waals surface area (Å²) in [5.41, 5.74) is 1.11. The third-order valence-electron chi connectivity index (χ3n) is 5.26. The standard InChI is InChI=1S/C18H31N5O2/c1-18(2)4-3-6-22(7-5-18)17(24)20-16-14-19-23(15-16)9-8-21-10-12-25-13-11-21/h14-15H,3-13H2,1-2H3,(H,20,24). The summed E-state index contributed by atoms with van der Waals surface area (Å²) < 4.78 is 7.26. The van der Waals surface area contributed by atoms with Crippen molar-refractivity contribution >= 4 is 11.7 Å². The van der Waals surface area contributed by atoms with Gasteiger partial charge in [-0.1, -0.05) is 13.8 Å². The lowest BCUT2D eigenvalue weighted by Gasteiger charge is -2.26. The number of carbonyl (C=O) groups excluding carboxylic acids is 1. The van der Waals surface area contributed by atoms with E-state index in [2.05, 4.69) is 29.2 Å². The summed E-state index contributed by atoms with van der Waals surface area (Å²) in [5.74, 6) is 0. The number of nitrogens with one attached hydrogen (secondary N) is 1. The molecule has 0 aromatic carbocycles. The Morgan fingerprint density at radius 1 is 1.20 bits per heavy atom. The van der Waals surface area contributed by atoms with Crippen molar-refractivity contribution in [3.8, 4) is 0 Å². The summed E-state index contributed by atoms with van der Waals surface area (Å²) in [5, 5.41) is 7.36. The van der Waals surface area contributed by atoms with Crippen molar-refractivity contribution < 1.29 is 9.53 Å². The van der Waals surface area contributed by atoms with Gasteiger partial charge in [0.15, 0.2) is 0 Å². The van der Waals surface area contributed by atoms with Crippen LogP contribution < -0.4 is 5.32 Å². The number of hydrogen-bond donors (Lipinski definition) is 1. The number of urea groups is 1. The topological polar surface area (TPSA) is 62.6 Å². The first kappa shape index (κ1) is 18.2. The van der Waals surface area contributed by atoms with Gasteiger partial charge in [0.2, 0.25) is 0 Å². The van der Waals surface area contributed by atoms with Gasteiger partial charge in [0.05, 0.1) is 31.6 Å². The van der Waals surface area contributed by atoms with Crippen LogP contribution in [0.1, 0.15) is 33.1 Å². The molecule has 2 amide bonds. The lowest BCUT2D eigenvalue weighted by atomic mass is 9.85. The van der Waals surface area contributed by atoms with Crippen LogP contribution in [0.25, 0.3) is 0 Å². The highest BCUT2D eigenvalue weighted by molar-refractivity contribution is 5.89. The molecular weight excluding hydrogens is 318 g/mol. The summed E-state index contributed by atoms with van der Waals surface area (Å²) in [7, 11) is 0. The summed E-state index contributed by atoms with van der Waals surface area (Å²) in [6, 6.07) is -0.00886. The van der Waals surface area contributed by atoms with Crippen molar-refractivity contribution in [3.05, 3.63) is 12.4 Å². The van der Waals surface area contributed by atoms with Crippen LogP contribution in [-0.2, 0) is 11.3 Å². The van der Waals surface area contributed by atoms with E-state index >= 15 is 0 Å². The number of ether oxygens (including phenoxy) is 1. The second-order valence-corrected chi connectivity index (χ2v) is 7.88. The highest BCUT2D eigenvalue weighted by Crippen LogP contribution is 2.29. The molecule has 1 aromatic rings. The van der Waals surface area contributed by atoms with Crippen LogP contribution >= 0.6 is 0 Å². The molecule has 1 aromatic heterocycles. The zero-order chi connectivity index (χ0) is 17.7. The Kier molecular flexibility index (Phi) is 5.96. The normalized spacial score (nSPS) is 21.8. The van der Waals surface area contributed by atoms with Gasteiger partial charge >= 0.3 is 6.03 Å². The van der Waals surface area contributed by atoms with Crippen LogP contribution in [0.2, 0.25) is 0 Å². The summed E-state index contributed by atoms with van der Waals surface area (Å²) in [6.07, 6.45) is 6.95. The second-order valence-electron chi connectivity index (χ2n) is 7.88. The third-order valence-corrected chi connectivity index (χ3v) is 5.26. The van der Waals surface area contributed by atoms with Crippen LogP contribution in [0.15, 0.2) is 12.4 Å². The van der Waals surface area contributed by atoms with Crippen molar-refractivity contribution in [2.24, 2.45) is 5.41 Å². The van der Waals surface area contributed by atoms with Crippen LogP contribution in [0.4, 0.5) is 10.5 Å². The van der Waals surface area contributed by atoms with E-state index in [-0.39, 0.29) is 6.03 Å². The number of anilines is 1. The van der Waals surface area contributed by atoms with E-state index in [0.29, 0.717) is 5.41 Å². The molecule has 0 aliphatic carbocycles. The molecule has 0 radical (unpaired) electrons. The number of aromatic nitrogens is 2. The van der Waals surface area contributed by atoms with Crippen molar-refractivity contribution in [1.29, 1.82) is 0 Å². The fourth-order valence-corrected chi connectivity index (χ4v) is 3.45. The van der Waals surface area contributed by atoms with Crippen molar-refractivity contribution in [2.45, 2.75) is 39.7 Å². The minimum absolute atomic E-state index is 0.00886. The Morgan fingerprint density at radius 3 is 2.80 bits per heavy atom. The number of morpholine rings is 1. The van der Waals surface area contributed by atoms with Gasteiger partial charge in [-0.25, -0.2) is 4.79 Å². The van der Waals surface area contributed by atoms with E-state index in [4.69, 9.17) is 4.74 Å². The van der Waals surface area contributed by atoms with Crippen molar-refractivity contribution in [3.63, 3.8) is 0 Å². The minimum atomic E-state index is -0.00886. The fraction of sp³-hybridized carbons (Fsp3) is 0.778. The van der Waals surface area contributed by atoms with Gasteiger partial charge in [-0.15, -0.1) is 0 Å². The molecule has 7 nitrogen and oxygen atoms in total. The molecular formula is C18H31N5O2. The average Bonchev–Trinajstić information content (AvgIpc) is 2.95. The smallest absolute Gasteiger partial charge is 0.321 e. The van der Waals surface area contributed by atoms with E-state index in [1.807, 2.05) is 15.8 Å². The second kappa shape index (κ2) is 8.19. The van der Waals surface area contributed by atoms with Crippen molar-refractivity contribution in [2.75, 3.05) is 51.3 Å². The SMILES string of the molecule is CC1(C)CCCN(C(=O)Nc2cnn(CCN3CCOCC3)c2)CC1. The quantitative estimate of drug-likeness (QED) is 0.906. The molecule has 25 heavy (non-hydrogen) atoms.